The predicted octanol–water partition coefficient (Wildman–Crippen LogP) is 1.75. The normalized spacial score (nSPS) is 10.2. The third kappa shape index (κ3) is 2.27. The molecule has 0 saturated carbocycles. The van der Waals surface area contributed by atoms with Crippen LogP contribution in [-0.4, -0.2) is 22.2 Å². The highest BCUT2D eigenvalue weighted by Gasteiger charge is 1.97. The van der Waals surface area contributed by atoms with Gasteiger partial charge in [0.05, 0.1) is 0 Å². The Morgan fingerprint density at radius 1 is 1.50 bits per heavy atom. The van der Waals surface area contributed by atoms with Gasteiger partial charge in [-0.25, -0.2) is 0 Å². The first-order chi connectivity index (χ1) is 4.83. The monoisotopic (exact) mass is 174 g/mol. The first-order valence-corrected chi connectivity index (χ1v) is 5.32. The molecule has 4 heteroatoms. The summed E-state index contributed by atoms with van der Waals surface area (Å²) in [6.45, 7) is 1.99. The molecule has 0 bridgehead atoms. The van der Waals surface area contributed by atoms with Gasteiger partial charge in [0.1, 0.15) is 10.0 Å². The minimum absolute atomic E-state index is 1.06. The van der Waals surface area contributed by atoms with Crippen LogP contribution in [0.25, 0.3) is 0 Å². The van der Waals surface area contributed by atoms with Gasteiger partial charge in [0.15, 0.2) is 0 Å². The average molecular weight is 174 g/mol. The van der Waals surface area contributed by atoms with Crippen molar-refractivity contribution in [1.82, 2.24) is 10.2 Å². The minimum atomic E-state index is 1.06. The molecule has 10 heavy (non-hydrogen) atoms. The maximum Gasteiger partial charge on any atom is 0.118 e. The Balaban J connectivity index is 2.42. The maximum absolute atomic E-state index is 4.01. The highest BCUT2D eigenvalue weighted by atomic mass is 32.2. The van der Waals surface area contributed by atoms with Crippen LogP contribution in [0.5, 0.6) is 0 Å². The molecule has 0 fully saturated rings. The molecule has 0 aliphatic carbocycles. The van der Waals surface area contributed by atoms with E-state index in [9.17, 15) is 0 Å². The molecule has 0 aliphatic heterocycles. The second-order valence-electron chi connectivity index (χ2n) is 1.96. The lowest BCUT2D eigenvalue weighted by Crippen LogP contribution is -1.85. The number of aryl methyl sites for hydroxylation is 2. The van der Waals surface area contributed by atoms with Crippen LogP contribution in [0.4, 0.5) is 0 Å². The largest absolute Gasteiger partial charge is 0.165 e. The molecule has 0 atom stereocenters. The van der Waals surface area contributed by atoms with Gasteiger partial charge in [-0.2, -0.15) is 11.8 Å². The fraction of sp³-hybridized carbons (Fsp3) is 0.667. The van der Waals surface area contributed by atoms with E-state index in [0.717, 1.165) is 22.2 Å². The van der Waals surface area contributed by atoms with Crippen molar-refractivity contribution >= 4 is 23.1 Å². The molecular formula is C6H10N2S2. The second kappa shape index (κ2) is 3.93. The standard InChI is InChI=1S/C6H10N2S2/c1-5-7-8-6(10-5)3-4-9-2/h3-4H2,1-2H3. The summed E-state index contributed by atoms with van der Waals surface area (Å²) in [6.07, 6.45) is 3.17. The van der Waals surface area contributed by atoms with Crippen LogP contribution in [-0.2, 0) is 6.42 Å². The Kier molecular flexibility index (Phi) is 3.15. The molecule has 0 N–H and O–H groups in total. The number of nitrogens with zero attached hydrogens (tertiary/aromatic N) is 2. The molecule has 56 valence electrons. The van der Waals surface area contributed by atoms with E-state index in [1.807, 2.05) is 18.7 Å². The van der Waals surface area contributed by atoms with Crippen LogP contribution < -0.4 is 0 Å². The van der Waals surface area contributed by atoms with Gasteiger partial charge >= 0.3 is 0 Å². The van der Waals surface area contributed by atoms with Crippen molar-refractivity contribution in [3.63, 3.8) is 0 Å². The Morgan fingerprint density at radius 3 is 2.80 bits per heavy atom. The van der Waals surface area contributed by atoms with E-state index in [1.165, 1.54) is 0 Å². The Bertz CT molecular complexity index is 197. The molecule has 0 aromatic carbocycles. The summed E-state index contributed by atoms with van der Waals surface area (Å²) in [5.74, 6) is 1.15. The molecule has 0 amide bonds. The Morgan fingerprint density at radius 2 is 2.30 bits per heavy atom. The van der Waals surface area contributed by atoms with E-state index in [1.54, 1.807) is 11.3 Å². The van der Waals surface area contributed by atoms with E-state index in [-0.39, 0.29) is 0 Å². The molecule has 0 aliphatic rings. The van der Waals surface area contributed by atoms with Crippen LogP contribution >= 0.6 is 23.1 Å². The van der Waals surface area contributed by atoms with Crippen LogP contribution in [0.2, 0.25) is 0 Å². The maximum atomic E-state index is 4.01. The van der Waals surface area contributed by atoms with Crippen molar-refractivity contribution in [2.75, 3.05) is 12.0 Å². The third-order valence-corrected chi connectivity index (χ3v) is 2.60. The number of rotatable bonds is 3. The first-order valence-electron chi connectivity index (χ1n) is 3.11. The average Bonchev–Trinajstić information content (AvgIpc) is 2.31. The zero-order valence-corrected chi connectivity index (χ0v) is 7.76. The van der Waals surface area contributed by atoms with Crippen LogP contribution in [0.1, 0.15) is 10.0 Å². The summed E-state index contributed by atoms with van der Waals surface area (Å²) < 4.78 is 0. The van der Waals surface area contributed by atoms with Gasteiger partial charge in [0.25, 0.3) is 0 Å². The van der Waals surface area contributed by atoms with Crippen molar-refractivity contribution in [3.8, 4) is 0 Å². The summed E-state index contributed by atoms with van der Waals surface area (Å²) in [7, 11) is 0. The van der Waals surface area contributed by atoms with Gasteiger partial charge in [-0.1, -0.05) is 0 Å². The van der Waals surface area contributed by atoms with Gasteiger partial charge in [-0.05, 0) is 18.9 Å². The fourth-order valence-electron chi connectivity index (χ4n) is 0.628. The number of aromatic nitrogens is 2. The molecule has 0 saturated heterocycles. The summed E-state index contributed by atoms with van der Waals surface area (Å²) >= 11 is 3.54. The summed E-state index contributed by atoms with van der Waals surface area (Å²) in [5, 5.41) is 10.2. The molecule has 1 rings (SSSR count). The Hall–Kier alpha value is -0.0900. The number of hydrogen-bond donors (Lipinski definition) is 0. The smallest absolute Gasteiger partial charge is 0.118 e. The molecule has 1 heterocycles. The van der Waals surface area contributed by atoms with Crippen molar-refractivity contribution in [2.24, 2.45) is 0 Å². The van der Waals surface area contributed by atoms with Crippen molar-refractivity contribution < 1.29 is 0 Å². The first kappa shape index (κ1) is 8.01. The zero-order chi connectivity index (χ0) is 7.40. The fourth-order valence-corrected chi connectivity index (χ4v) is 1.86. The van der Waals surface area contributed by atoms with Crippen LogP contribution in [0.3, 0.4) is 0 Å². The van der Waals surface area contributed by atoms with Gasteiger partial charge in [0.2, 0.25) is 0 Å². The van der Waals surface area contributed by atoms with E-state index < -0.39 is 0 Å². The SMILES string of the molecule is CSCCc1nnc(C)s1. The molecule has 1 aromatic heterocycles. The van der Waals surface area contributed by atoms with E-state index in [4.69, 9.17) is 0 Å². The van der Waals surface area contributed by atoms with Gasteiger partial charge < -0.3 is 0 Å². The predicted molar refractivity (Wildman–Crippen MR) is 46.7 cm³/mol. The second-order valence-corrected chi connectivity index (χ2v) is 4.21. The van der Waals surface area contributed by atoms with Crippen LogP contribution in [0, 0.1) is 6.92 Å². The number of hydrogen-bond acceptors (Lipinski definition) is 4. The van der Waals surface area contributed by atoms with Crippen molar-refractivity contribution in [2.45, 2.75) is 13.3 Å². The highest BCUT2D eigenvalue weighted by Crippen LogP contribution is 2.09. The minimum Gasteiger partial charge on any atom is -0.165 e. The lowest BCUT2D eigenvalue weighted by Gasteiger charge is -1.88. The van der Waals surface area contributed by atoms with E-state index in [0.29, 0.717) is 0 Å². The summed E-state index contributed by atoms with van der Waals surface area (Å²) in [6, 6.07) is 0. The lowest BCUT2D eigenvalue weighted by atomic mass is 10.5. The van der Waals surface area contributed by atoms with Gasteiger partial charge in [0, 0.05) is 6.42 Å². The third-order valence-electron chi connectivity index (χ3n) is 1.09. The highest BCUT2D eigenvalue weighted by molar-refractivity contribution is 7.98. The summed E-state index contributed by atoms with van der Waals surface area (Å²) in [4.78, 5) is 0. The van der Waals surface area contributed by atoms with E-state index >= 15 is 0 Å². The molecule has 0 unspecified atom stereocenters. The molecule has 1 aromatic rings. The molecule has 0 radical (unpaired) electrons. The molecule has 2 nitrogen and oxygen atoms in total. The van der Waals surface area contributed by atoms with Gasteiger partial charge in [-0.15, -0.1) is 21.5 Å². The van der Waals surface area contributed by atoms with E-state index in [2.05, 4.69) is 16.5 Å². The lowest BCUT2D eigenvalue weighted by molar-refractivity contribution is 0.971. The zero-order valence-electron chi connectivity index (χ0n) is 6.13. The van der Waals surface area contributed by atoms with Crippen molar-refractivity contribution in [3.05, 3.63) is 10.0 Å². The molecule has 0 spiro atoms. The molecular weight excluding hydrogens is 164 g/mol. The summed E-state index contributed by atoms with van der Waals surface area (Å²) in [5.41, 5.74) is 0. The van der Waals surface area contributed by atoms with Crippen LogP contribution in [0.15, 0.2) is 0 Å². The quantitative estimate of drug-likeness (QED) is 0.698. The van der Waals surface area contributed by atoms with Gasteiger partial charge in [-0.3, -0.25) is 0 Å². The number of thioether (sulfide) groups is 1. The topological polar surface area (TPSA) is 25.8 Å². The van der Waals surface area contributed by atoms with Crippen molar-refractivity contribution in [1.29, 1.82) is 0 Å². The Labute approximate surface area is 69.1 Å².